The first kappa shape index (κ1) is 16.0. The number of nitrogens with one attached hydrogen (secondary N) is 1. The lowest BCUT2D eigenvalue weighted by Gasteiger charge is -2.07. The van der Waals surface area contributed by atoms with Crippen LogP contribution in [0.5, 0.6) is 0 Å². The van der Waals surface area contributed by atoms with E-state index in [0.717, 1.165) is 36.1 Å². The molecule has 0 aliphatic heterocycles. The average molecular weight is 294 g/mol. The van der Waals surface area contributed by atoms with Gasteiger partial charge in [-0.1, -0.05) is 74.0 Å². The van der Waals surface area contributed by atoms with Gasteiger partial charge in [0.1, 0.15) is 0 Å². The van der Waals surface area contributed by atoms with Gasteiger partial charge in [0.15, 0.2) is 0 Å². The summed E-state index contributed by atoms with van der Waals surface area (Å²) in [5.41, 5.74) is 5.68. The molecule has 0 aliphatic carbocycles. The predicted octanol–water partition coefficient (Wildman–Crippen LogP) is 3.94. The molecular weight excluding hydrogens is 272 g/mol. The molecule has 3 nitrogen and oxygen atoms in total. The monoisotopic (exact) mass is 294 g/mol. The molecule has 0 aromatic heterocycles. The number of rotatable bonds is 7. The van der Waals surface area contributed by atoms with E-state index >= 15 is 0 Å². The molecule has 0 radical (unpaired) electrons. The quantitative estimate of drug-likeness (QED) is 0.610. The van der Waals surface area contributed by atoms with E-state index in [0.29, 0.717) is 6.42 Å². The zero-order chi connectivity index (χ0) is 15.6. The SMILES string of the molecule is CCCC/C(=N/NC(=O)Cc1ccccc1)c1ccccc1. The molecule has 2 aromatic rings. The molecule has 3 heteroatoms. The van der Waals surface area contributed by atoms with E-state index in [2.05, 4.69) is 17.5 Å². The van der Waals surface area contributed by atoms with Crippen LogP contribution < -0.4 is 5.43 Å². The minimum absolute atomic E-state index is 0.0869. The summed E-state index contributed by atoms with van der Waals surface area (Å²) in [7, 11) is 0. The van der Waals surface area contributed by atoms with Crippen molar-refractivity contribution in [2.24, 2.45) is 5.10 Å². The van der Waals surface area contributed by atoms with Crippen LogP contribution in [0.2, 0.25) is 0 Å². The first-order chi connectivity index (χ1) is 10.8. The fraction of sp³-hybridized carbons (Fsp3) is 0.263. The molecule has 0 unspecified atom stereocenters. The van der Waals surface area contributed by atoms with Crippen molar-refractivity contribution in [1.82, 2.24) is 5.43 Å². The summed E-state index contributed by atoms with van der Waals surface area (Å²) in [6.07, 6.45) is 3.37. The number of unbranched alkanes of at least 4 members (excludes halogenated alkanes) is 1. The lowest BCUT2D eigenvalue weighted by molar-refractivity contribution is -0.120. The van der Waals surface area contributed by atoms with Gasteiger partial charge in [0.25, 0.3) is 0 Å². The molecule has 0 spiro atoms. The van der Waals surface area contributed by atoms with Crippen molar-refractivity contribution in [2.45, 2.75) is 32.6 Å². The van der Waals surface area contributed by atoms with Gasteiger partial charge < -0.3 is 0 Å². The zero-order valence-corrected chi connectivity index (χ0v) is 13.0. The van der Waals surface area contributed by atoms with E-state index in [9.17, 15) is 4.79 Å². The summed E-state index contributed by atoms with van der Waals surface area (Å²) in [6.45, 7) is 2.15. The normalized spacial score (nSPS) is 11.2. The highest BCUT2D eigenvalue weighted by Gasteiger charge is 2.05. The number of carbonyl (C=O) groups excluding carboxylic acids is 1. The maximum absolute atomic E-state index is 12.0. The van der Waals surface area contributed by atoms with Crippen molar-refractivity contribution in [3.63, 3.8) is 0 Å². The van der Waals surface area contributed by atoms with Crippen molar-refractivity contribution in [2.75, 3.05) is 0 Å². The molecule has 22 heavy (non-hydrogen) atoms. The third-order valence-corrected chi connectivity index (χ3v) is 3.40. The topological polar surface area (TPSA) is 41.5 Å². The first-order valence-electron chi connectivity index (χ1n) is 7.74. The molecule has 2 aromatic carbocycles. The number of carbonyl (C=O) groups is 1. The third-order valence-electron chi connectivity index (χ3n) is 3.40. The molecule has 114 valence electrons. The largest absolute Gasteiger partial charge is 0.273 e. The summed E-state index contributed by atoms with van der Waals surface area (Å²) in [5.74, 6) is -0.0869. The van der Waals surface area contributed by atoms with Crippen LogP contribution in [-0.2, 0) is 11.2 Å². The van der Waals surface area contributed by atoms with Gasteiger partial charge in [-0.2, -0.15) is 5.10 Å². The van der Waals surface area contributed by atoms with Crippen LogP contribution in [-0.4, -0.2) is 11.6 Å². The van der Waals surface area contributed by atoms with E-state index < -0.39 is 0 Å². The van der Waals surface area contributed by atoms with Gasteiger partial charge in [0.2, 0.25) is 5.91 Å². The molecule has 0 fully saturated rings. The highest BCUT2D eigenvalue weighted by Crippen LogP contribution is 2.08. The van der Waals surface area contributed by atoms with Crippen LogP contribution in [0.25, 0.3) is 0 Å². The molecule has 0 heterocycles. The van der Waals surface area contributed by atoms with E-state index in [-0.39, 0.29) is 5.91 Å². The minimum atomic E-state index is -0.0869. The average Bonchev–Trinajstić information content (AvgIpc) is 2.57. The van der Waals surface area contributed by atoms with Gasteiger partial charge >= 0.3 is 0 Å². The molecule has 2 rings (SSSR count). The summed E-state index contributed by atoms with van der Waals surface area (Å²) in [6, 6.07) is 19.7. The molecule has 0 bridgehead atoms. The fourth-order valence-corrected chi connectivity index (χ4v) is 2.19. The summed E-state index contributed by atoms with van der Waals surface area (Å²) in [4.78, 5) is 12.0. The second-order valence-electron chi connectivity index (χ2n) is 5.23. The standard InChI is InChI=1S/C19H22N2O/c1-2-3-14-18(17-12-8-5-9-13-17)20-21-19(22)15-16-10-6-4-7-11-16/h4-13H,2-3,14-15H2,1H3,(H,21,22)/b20-18-. The molecule has 1 N–H and O–H groups in total. The number of hydrazone groups is 1. The Morgan fingerprint density at radius 1 is 1.00 bits per heavy atom. The minimum Gasteiger partial charge on any atom is -0.273 e. The summed E-state index contributed by atoms with van der Waals surface area (Å²) < 4.78 is 0. The van der Waals surface area contributed by atoms with Crippen molar-refractivity contribution in [3.8, 4) is 0 Å². The smallest absolute Gasteiger partial charge is 0.244 e. The lowest BCUT2D eigenvalue weighted by Crippen LogP contribution is -2.22. The number of benzene rings is 2. The number of hydrogen-bond acceptors (Lipinski definition) is 2. The number of amides is 1. The van der Waals surface area contributed by atoms with Gasteiger partial charge in [-0.05, 0) is 24.0 Å². The Bertz CT molecular complexity index is 606. The maximum atomic E-state index is 12.0. The fourth-order valence-electron chi connectivity index (χ4n) is 2.19. The van der Waals surface area contributed by atoms with Gasteiger partial charge in [0, 0.05) is 0 Å². The zero-order valence-electron chi connectivity index (χ0n) is 13.0. The highest BCUT2D eigenvalue weighted by molar-refractivity contribution is 6.01. The van der Waals surface area contributed by atoms with Gasteiger partial charge in [0.05, 0.1) is 12.1 Å². The van der Waals surface area contributed by atoms with Gasteiger partial charge in [-0.25, -0.2) is 5.43 Å². The highest BCUT2D eigenvalue weighted by atomic mass is 16.2. The summed E-state index contributed by atoms with van der Waals surface area (Å²) in [5, 5.41) is 4.34. The van der Waals surface area contributed by atoms with Gasteiger partial charge in [-0.3, -0.25) is 4.79 Å². The Morgan fingerprint density at radius 3 is 2.27 bits per heavy atom. The first-order valence-corrected chi connectivity index (χ1v) is 7.74. The third kappa shape index (κ3) is 5.17. The van der Waals surface area contributed by atoms with Crippen molar-refractivity contribution >= 4 is 11.6 Å². The molecule has 1 amide bonds. The Morgan fingerprint density at radius 2 is 1.64 bits per heavy atom. The molecule has 0 aliphatic rings. The van der Waals surface area contributed by atoms with Gasteiger partial charge in [-0.15, -0.1) is 0 Å². The Hall–Kier alpha value is -2.42. The Balaban J connectivity index is 2.01. The Kier molecular flexibility index (Phi) is 6.37. The predicted molar refractivity (Wildman–Crippen MR) is 90.8 cm³/mol. The van der Waals surface area contributed by atoms with Crippen LogP contribution in [0.15, 0.2) is 65.8 Å². The number of hydrogen-bond donors (Lipinski definition) is 1. The summed E-state index contributed by atoms with van der Waals surface area (Å²) >= 11 is 0. The van der Waals surface area contributed by atoms with Crippen molar-refractivity contribution < 1.29 is 4.79 Å². The van der Waals surface area contributed by atoms with Crippen LogP contribution in [0.4, 0.5) is 0 Å². The van der Waals surface area contributed by atoms with E-state index in [1.165, 1.54) is 0 Å². The Labute approximate surface area is 132 Å². The molecule has 0 saturated heterocycles. The molecular formula is C19H22N2O. The molecule has 0 saturated carbocycles. The number of nitrogens with zero attached hydrogens (tertiary/aromatic N) is 1. The van der Waals surface area contributed by atoms with E-state index in [1.54, 1.807) is 0 Å². The second kappa shape index (κ2) is 8.78. The van der Waals surface area contributed by atoms with Crippen LogP contribution in [0.3, 0.4) is 0 Å². The van der Waals surface area contributed by atoms with Crippen molar-refractivity contribution in [1.29, 1.82) is 0 Å². The lowest BCUT2D eigenvalue weighted by atomic mass is 10.1. The van der Waals surface area contributed by atoms with Crippen LogP contribution >= 0.6 is 0 Å². The van der Waals surface area contributed by atoms with Crippen molar-refractivity contribution in [3.05, 3.63) is 71.8 Å². The van der Waals surface area contributed by atoms with E-state index in [4.69, 9.17) is 0 Å². The van der Waals surface area contributed by atoms with Crippen LogP contribution in [0.1, 0.15) is 37.3 Å². The van der Waals surface area contributed by atoms with Crippen LogP contribution in [0, 0.1) is 0 Å². The molecule has 0 atom stereocenters. The maximum Gasteiger partial charge on any atom is 0.244 e. The second-order valence-corrected chi connectivity index (χ2v) is 5.23. The van der Waals surface area contributed by atoms with E-state index in [1.807, 2.05) is 60.7 Å².